The number of rotatable bonds is 4. The Morgan fingerprint density at radius 3 is 2.65 bits per heavy atom. The van der Waals surface area contributed by atoms with E-state index in [2.05, 4.69) is 23.7 Å². The second-order valence-electron chi connectivity index (χ2n) is 5.79. The van der Waals surface area contributed by atoms with E-state index in [-0.39, 0.29) is 23.5 Å². The van der Waals surface area contributed by atoms with Gasteiger partial charge in [0.2, 0.25) is 0 Å². The number of anilines is 1. The van der Waals surface area contributed by atoms with Gasteiger partial charge in [0.1, 0.15) is 4.88 Å². The lowest BCUT2D eigenvalue weighted by Crippen LogP contribution is -2.22. The molecule has 5 nitrogen and oxygen atoms in total. The molecule has 1 aromatic rings. The summed E-state index contributed by atoms with van der Waals surface area (Å²) in [5.41, 5.74) is 0.399. The van der Waals surface area contributed by atoms with Gasteiger partial charge in [0, 0.05) is 20.0 Å². The first kappa shape index (κ1) is 15.0. The minimum absolute atomic E-state index is 0.143. The molecule has 0 saturated carbocycles. The number of esters is 1. The van der Waals surface area contributed by atoms with Gasteiger partial charge in [-0.15, -0.1) is 0 Å². The fourth-order valence-corrected chi connectivity index (χ4v) is 3.27. The highest BCUT2D eigenvalue weighted by Gasteiger charge is 2.32. The van der Waals surface area contributed by atoms with Crippen LogP contribution < -0.4 is 4.90 Å². The summed E-state index contributed by atoms with van der Waals surface area (Å²) in [4.78, 5) is 30.4. The van der Waals surface area contributed by atoms with Crippen LogP contribution in [0.3, 0.4) is 0 Å². The molecule has 0 amide bonds. The number of nitrogens with zero attached hydrogens (tertiary/aromatic N) is 2. The van der Waals surface area contributed by atoms with Crippen molar-refractivity contribution in [1.82, 2.24) is 4.98 Å². The van der Waals surface area contributed by atoms with Crippen LogP contribution in [0.25, 0.3) is 0 Å². The van der Waals surface area contributed by atoms with Gasteiger partial charge in [-0.3, -0.25) is 4.79 Å². The molecule has 1 aliphatic heterocycles. The normalized spacial score (nSPS) is 17.3. The van der Waals surface area contributed by atoms with E-state index in [0.717, 1.165) is 24.6 Å². The minimum atomic E-state index is -0.515. The molecule has 110 valence electrons. The van der Waals surface area contributed by atoms with E-state index in [1.54, 1.807) is 6.92 Å². The monoisotopic (exact) mass is 296 g/mol. The van der Waals surface area contributed by atoms with Crippen LogP contribution in [0.15, 0.2) is 0 Å². The summed E-state index contributed by atoms with van der Waals surface area (Å²) in [7, 11) is 0. The van der Waals surface area contributed by atoms with E-state index in [1.807, 2.05) is 0 Å². The molecule has 2 heterocycles. The molecule has 0 spiro atoms. The Bertz CT molecular complexity index is 537. The van der Waals surface area contributed by atoms with Crippen LogP contribution in [-0.4, -0.2) is 36.4 Å². The smallest absolute Gasteiger partial charge is 0.358 e. The molecule has 0 bridgehead atoms. The highest BCUT2D eigenvalue weighted by atomic mass is 32.1. The first-order valence-electron chi connectivity index (χ1n) is 6.78. The van der Waals surface area contributed by atoms with Crippen LogP contribution in [0, 0.1) is 5.41 Å². The van der Waals surface area contributed by atoms with Gasteiger partial charge in [-0.05, 0) is 18.8 Å². The number of thiazole rings is 1. The Morgan fingerprint density at radius 1 is 1.45 bits per heavy atom. The fraction of sp³-hybridized carbons (Fsp3) is 0.643. The number of Topliss-reactive ketones (excluding diaryl/α,β-unsaturated/α-hetero) is 1. The summed E-state index contributed by atoms with van der Waals surface area (Å²) >= 11 is 1.28. The van der Waals surface area contributed by atoms with E-state index in [0.29, 0.717) is 4.88 Å². The van der Waals surface area contributed by atoms with Crippen molar-refractivity contribution in [3.8, 4) is 0 Å². The third-order valence-electron chi connectivity index (χ3n) is 3.35. The molecular formula is C14H20N2O3S. The number of ether oxygens (including phenoxy) is 1. The molecule has 6 heteroatoms. The van der Waals surface area contributed by atoms with Gasteiger partial charge in [-0.1, -0.05) is 25.2 Å². The number of carbonyl (C=O) groups excluding carboxylic acids is 2. The van der Waals surface area contributed by atoms with Crippen molar-refractivity contribution < 1.29 is 14.3 Å². The highest BCUT2D eigenvalue weighted by molar-refractivity contribution is 7.17. The Balaban J connectivity index is 2.30. The van der Waals surface area contributed by atoms with Gasteiger partial charge in [0.05, 0.1) is 6.61 Å². The largest absolute Gasteiger partial charge is 0.461 e. The lowest BCUT2D eigenvalue weighted by molar-refractivity contribution is 0.0517. The van der Waals surface area contributed by atoms with Crippen molar-refractivity contribution in [3.63, 3.8) is 0 Å². The second kappa shape index (κ2) is 5.52. The minimum Gasteiger partial charge on any atom is -0.461 e. The second-order valence-corrected chi connectivity index (χ2v) is 6.76. The molecule has 1 aromatic heterocycles. The quantitative estimate of drug-likeness (QED) is 0.631. The molecule has 0 aromatic carbocycles. The predicted octanol–water partition coefficient (Wildman–Crippen LogP) is 2.76. The zero-order valence-corrected chi connectivity index (χ0v) is 13.2. The van der Waals surface area contributed by atoms with Gasteiger partial charge in [-0.2, -0.15) is 0 Å². The van der Waals surface area contributed by atoms with Gasteiger partial charge in [-0.25, -0.2) is 9.78 Å². The van der Waals surface area contributed by atoms with E-state index in [4.69, 9.17) is 4.74 Å². The average Bonchev–Trinajstić information content (AvgIpc) is 2.92. The van der Waals surface area contributed by atoms with Gasteiger partial charge >= 0.3 is 5.97 Å². The van der Waals surface area contributed by atoms with Crippen molar-refractivity contribution in [2.75, 3.05) is 24.6 Å². The van der Waals surface area contributed by atoms with Gasteiger partial charge < -0.3 is 9.64 Å². The lowest BCUT2D eigenvalue weighted by atomic mass is 9.93. The number of ketones is 1. The fourth-order valence-electron chi connectivity index (χ4n) is 2.30. The van der Waals surface area contributed by atoms with Gasteiger partial charge in [0.25, 0.3) is 0 Å². The van der Waals surface area contributed by atoms with Crippen LogP contribution in [0.4, 0.5) is 5.13 Å². The maximum Gasteiger partial charge on any atom is 0.358 e. The molecular weight excluding hydrogens is 276 g/mol. The van der Waals surface area contributed by atoms with E-state index in [1.165, 1.54) is 18.3 Å². The molecule has 1 aliphatic rings. The van der Waals surface area contributed by atoms with Crippen LogP contribution in [0.5, 0.6) is 0 Å². The number of aromatic nitrogens is 1. The summed E-state index contributed by atoms with van der Waals surface area (Å²) in [6.45, 7) is 9.67. The third kappa shape index (κ3) is 3.00. The van der Waals surface area contributed by atoms with E-state index in [9.17, 15) is 9.59 Å². The van der Waals surface area contributed by atoms with Gasteiger partial charge in [0.15, 0.2) is 16.6 Å². The maximum absolute atomic E-state index is 11.9. The Kier molecular flexibility index (Phi) is 4.13. The summed E-state index contributed by atoms with van der Waals surface area (Å²) in [6.07, 6.45) is 1.08. The van der Waals surface area contributed by atoms with Crippen molar-refractivity contribution >= 4 is 28.2 Å². The molecule has 1 saturated heterocycles. The number of hydrogen-bond donors (Lipinski definition) is 0. The number of hydrogen-bond acceptors (Lipinski definition) is 6. The topological polar surface area (TPSA) is 59.5 Å². The maximum atomic E-state index is 11.9. The number of carbonyl (C=O) groups is 2. The Hall–Kier alpha value is -1.43. The molecule has 0 N–H and O–H groups in total. The van der Waals surface area contributed by atoms with Crippen LogP contribution in [-0.2, 0) is 4.74 Å². The summed E-state index contributed by atoms with van der Waals surface area (Å²) in [5.74, 6) is -0.658. The Morgan fingerprint density at radius 2 is 2.15 bits per heavy atom. The molecule has 2 rings (SSSR count). The van der Waals surface area contributed by atoms with Crippen LogP contribution >= 0.6 is 11.3 Å². The first-order valence-corrected chi connectivity index (χ1v) is 7.59. The first-order chi connectivity index (χ1) is 9.34. The van der Waals surface area contributed by atoms with Crippen LogP contribution in [0.1, 0.15) is 54.3 Å². The lowest BCUT2D eigenvalue weighted by Gasteiger charge is -2.18. The van der Waals surface area contributed by atoms with E-state index >= 15 is 0 Å². The SMILES string of the molecule is CCOC(=O)c1nc(N2CCC(C)(C)C2)sc1C(C)=O. The molecule has 0 aliphatic carbocycles. The van der Waals surface area contributed by atoms with Crippen LogP contribution in [0.2, 0.25) is 0 Å². The zero-order chi connectivity index (χ0) is 14.9. The summed E-state index contributed by atoms with van der Waals surface area (Å²) in [6, 6.07) is 0. The summed E-state index contributed by atoms with van der Waals surface area (Å²) < 4.78 is 4.97. The molecule has 0 radical (unpaired) electrons. The molecule has 0 atom stereocenters. The highest BCUT2D eigenvalue weighted by Crippen LogP contribution is 2.35. The van der Waals surface area contributed by atoms with Crippen molar-refractivity contribution in [2.45, 2.75) is 34.1 Å². The average molecular weight is 296 g/mol. The molecule has 20 heavy (non-hydrogen) atoms. The third-order valence-corrected chi connectivity index (χ3v) is 4.57. The van der Waals surface area contributed by atoms with Crippen molar-refractivity contribution in [2.24, 2.45) is 5.41 Å². The standard InChI is InChI=1S/C14H20N2O3S/c1-5-19-12(18)10-11(9(2)17)20-13(15-10)16-7-6-14(3,4)8-16/h5-8H2,1-4H3. The Labute approximate surface area is 122 Å². The van der Waals surface area contributed by atoms with E-state index < -0.39 is 5.97 Å². The van der Waals surface area contributed by atoms with Crippen molar-refractivity contribution in [3.05, 3.63) is 10.6 Å². The molecule has 0 unspecified atom stereocenters. The molecule has 1 fully saturated rings. The summed E-state index contributed by atoms with van der Waals surface area (Å²) in [5, 5.41) is 0.740. The zero-order valence-electron chi connectivity index (χ0n) is 12.4. The van der Waals surface area contributed by atoms with Crippen molar-refractivity contribution in [1.29, 1.82) is 0 Å². The predicted molar refractivity (Wildman–Crippen MR) is 78.7 cm³/mol.